The Labute approximate surface area is 192 Å². The van der Waals surface area contributed by atoms with Crippen LogP contribution in [0.3, 0.4) is 0 Å². The van der Waals surface area contributed by atoms with E-state index in [1.165, 1.54) is 26.4 Å². The highest BCUT2D eigenvalue weighted by Crippen LogP contribution is 2.38. The van der Waals surface area contributed by atoms with Gasteiger partial charge in [0.1, 0.15) is 5.57 Å². The number of carbonyl (C=O) groups is 3. The highest BCUT2D eigenvalue weighted by atomic mass is 79.9. The normalized spacial score (nSPS) is 15.8. The Bertz CT molecular complexity index is 1170. The zero-order valence-electron chi connectivity index (χ0n) is 16.3. The van der Waals surface area contributed by atoms with Gasteiger partial charge in [-0.3, -0.25) is 14.9 Å². The van der Waals surface area contributed by atoms with E-state index in [0.29, 0.717) is 38.6 Å². The first kappa shape index (κ1) is 23.6. The molecule has 168 valence electrons. The lowest BCUT2D eigenvalue weighted by atomic mass is 10.1. The average molecular weight is 534 g/mol. The number of imide groups is 2. The standard InChI is InChI=1S/C20H13BrClF3N2O5/c1-31-15-6-9(12(21)8-16(15)32-2)5-11-17(28)26-19(30)27(18(11)29)14-7-10(20(23,24)25)3-4-13(14)22/h3-8H,1-2H3,(H,26,28,30)/b11-5+. The Morgan fingerprint density at radius 1 is 1.06 bits per heavy atom. The van der Waals surface area contributed by atoms with Crippen LogP contribution in [0.5, 0.6) is 11.5 Å². The molecule has 1 heterocycles. The number of urea groups is 1. The molecule has 12 heteroatoms. The molecule has 7 nitrogen and oxygen atoms in total. The number of anilines is 1. The molecule has 0 bridgehead atoms. The first-order chi connectivity index (χ1) is 15.0. The van der Waals surface area contributed by atoms with E-state index in [4.69, 9.17) is 21.1 Å². The van der Waals surface area contributed by atoms with Gasteiger partial charge in [-0.25, -0.2) is 9.69 Å². The summed E-state index contributed by atoms with van der Waals surface area (Å²) in [6, 6.07) is 3.94. The van der Waals surface area contributed by atoms with Gasteiger partial charge >= 0.3 is 12.2 Å². The third kappa shape index (κ3) is 4.44. The number of carbonyl (C=O) groups excluding carboxylic acids is 3. The minimum Gasteiger partial charge on any atom is -0.493 e. The Hall–Kier alpha value is -3.05. The lowest BCUT2D eigenvalue weighted by molar-refractivity contribution is -0.137. The van der Waals surface area contributed by atoms with Crippen LogP contribution in [0.4, 0.5) is 23.7 Å². The molecule has 2 aromatic rings. The molecule has 1 aliphatic heterocycles. The molecule has 32 heavy (non-hydrogen) atoms. The first-order valence-corrected chi connectivity index (χ1v) is 9.84. The molecule has 3 rings (SSSR count). The number of ether oxygens (including phenoxy) is 2. The summed E-state index contributed by atoms with van der Waals surface area (Å²) in [6.07, 6.45) is -3.59. The summed E-state index contributed by atoms with van der Waals surface area (Å²) in [5.41, 5.74) is -1.84. The first-order valence-electron chi connectivity index (χ1n) is 8.67. The molecule has 0 aliphatic carbocycles. The maximum absolute atomic E-state index is 13.1. The second-order valence-corrected chi connectivity index (χ2v) is 7.61. The zero-order valence-corrected chi connectivity index (χ0v) is 18.7. The molecular weight excluding hydrogens is 521 g/mol. The molecule has 1 aliphatic rings. The van der Waals surface area contributed by atoms with Crippen LogP contribution in [-0.4, -0.2) is 32.1 Å². The number of hydrogen-bond acceptors (Lipinski definition) is 5. The molecule has 1 N–H and O–H groups in total. The summed E-state index contributed by atoms with van der Waals surface area (Å²) in [4.78, 5) is 38.1. The molecule has 1 fully saturated rings. The van der Waals surface area contributed by atoms with Gasteiger partial charge in [0.2, 0.25) is 0 Å². The summed E-state index contributed by atoms with van der Waals surface area (Å²) in [7, 11) is 2.81. The van der Waals surface area contributed by atoms with Crippen LogP contribution in [-0.2, 0) is 15.8 Å². The second kappa shape index (κ2) is 8.83. The van der Waals surface area contributed by atoms with Crippen molar-refractivity contribution in [2.75, 3.05) is 19.1 Å². The van der Waals surface area contributed by atoms with Gasteiger partial charge in [0.25, 0.3) is 11.8 Å². The fourth-order valence-corrected chi connectivity index (χ4v) is 3.51. The maximum atomic E-state index is 13.1. The quantitative estimate of drug-likeness (QED) is 0.451. The van der Waals surface area contributed by atoms with Crippen LogP contribution in [0.15, 0.2) is 40.4 Å². The van der Waals surface area contributed by atoms with E-state index in [0.717, 1.165) is 12.1 Å². The van der Waals surface area contributed by atoms with Crippen LogP contribution >= 0.6 is 27.5 Å². The SMILES string of the molecule is COc1cc(Br)c(/C=C2\C(=O)NC(=O)N(c3cc(C(F)(F)F)ccc3Cl)C2=O)cc1OC. The fraction of sp³-hybridized carbons (Fsp3) is 0.150. The molecule has 0 radical (unpaired) electrons. The molecule has 0 unspecified atom stereocenters. The Kier molecular flexibility index (Phi) is 6.51. The van der Waals surface area contributed by atoms with Crippen LogP contribution in [0.25, 0.3) is 6.08 Å². The summed E-state index contributed by atoms with van der Waals surface area (Å²) >= 11 is 9.25. The van der Waals surface area contributed by atoms with Crippen molar-refractivity contribution in [2.24, 2.45) is 0 Å². The number of halogens is 5. The largest absolute Gasteiger partial charge is 0.493 e. The van der Waals surface area contributed by atoms with Crippen molar-refractivity contribution in [3.63, 3.8) is 0 Å². The predicted molar refractivity (Wildman–Crippen MR) is 113 cm³/mol. The van der Waals surface area contributed by atoms with Crippen molar-refractivity contribution < 1.29 is 37.0 Å². The topological polar surface area (TPSA) is 84.9 Å². The monoisotopic (exact) mass is 532 g/mol. The number of hydrogen-bond donors (Lipinski definition) is 1. The van der Waals surface area contributed by atoms with Crippen molar-refractivity contribution >= 4 is 57.1 Å². The highest BCUT2D eigenvalue weighted by molar-refractivity contribution is 9.10. The van der Waals surface area contributed by atoms with Crippen LogP contribution in [0.2, 0.25) is 5.02 Å². The van der Waals surface area contributed by atoms with Gasteiger partial charge in [-0.05, 0) is 42.0 Å². The molecule has 2 aromatic carbocycles. The van der Waals surface area contributed by atoms with Crippen molar-refractivity contribution in [3.05, 3.63) is 56.5 Å². The van der Waals surface area contributed by atoms with E-state index in [1.54, 1.807) is 0 Å². The number of barbiturate groups is 1. The minimum absolute atomic E-state index is 0.289. The Balaban J connectivity index is 2.11. The second-order valence-electron chi connectivity index (χ2n) is 6.35. The third-order valence-electron chi connectivity index (χ3n) is 4.42. The zero-order chi connectivity index (χ0) is 23.8. The fourth-order valence-electron chi connectivity index (χ4n) is 2.87. The lowest BCUT2D eigenvalue weighted by Crippen LogP contribution is -2.54. The van der Waals surface area contributed by atoms with E-state index < -0.39 is 40.8 Å². The van der Waals surface area contributed by atoms with E-state index >= 15 is 0 Å². The van der Waals surface area contributed by atoms with Crippen molar-refractivity contribution in [1.82, 2.24) is 5.32 Å². The molecule has 0 atom stereocenters. The van der Waals surface area contributed by atoms with E-state index in [-0.39, 0.29) is 5.02 Å². The summed E-state index contributed by atoms with van der Waals surface area (Å²) in [6.45, 7) is 0. The third-order valence-corrected chi connectivity index (χ3v) is 5.43. The number of nitrogens with zero attached hydrogens (tertiary/aromatic N) is 1. The Morgan fingerprint density at radius 2 is 1.69 bits per heavy atom. The predicted octanol–water partition coefficient (Wildman–Crippen LogP) is 4.80. The summed E-state index contributed by atoms with van der Waals surface area (Å²) in [5.74, 6) is -1.52. The average Bonchev–Trinajstić information content (AvgIpc) is 2.72. The molecule has 1 saturated heterocycles. The maximum Gasteiger partial charge on any atom is 0.416 e. The minimum atomic E-state index is -4.74. The van der Waals surface area contributed by atoms with Crippen molar-refractivity contribution in [1.29, 1.82) is 0 Å². The van der Waals surface area contributed by atoms with Crippen LogP contribution < -0.4 is 19.7 Å². The van der Waals surface area contributed by atoms with E-state index in [1.807, 2.05) is 5.32 Å². The molecule has 0 spiro atoms. The van der Waals surface area contributed by atoms with Gasteiger partial charge in [-0.2, -0.15) is 13.2 Å². The number of benzene rings is 2. The molecule has 0 aromatic heterocycles. The van der Waals surface area contributed by atoms with Gasteiger partial charge in [0, 0.05) is 4.47 Å². The van der Waals surface area contributed by atoms with Gasteiger partial charge < -0.3 is 9.47 Å². The molecule has 4 amide bonds. The van der Waals surface area contributed by atoms with Crippen LogP contribution in [0, 0.1) is 0 Å². The molecular formula is C20H13BrClF3N2O5. The van der Waals surface area contributed by atoms with Gasteiger partial charge in [-0.1, -0.05) is 27.5 Å². The Morgan fingerprint density at radius 3 is 2.28 bits per heavy atom. The molecule has 0 saturated carbocycles. The van der Waals surface area contributed by atoms with Gasteiger partial charge in [0.15, 0.2) is 11.5 Å². The van der Waals surface area contributed by atoms with Gasteiger partial charge in [-0.15, -0.1) is 0 Å². The van der Waals surface area contributed by atoms with Gasteiger partial charge in [0.05, 0.1) is 30.5 Å². The van der Waals surface area contributed by atoms with Crippen LogP contribution in [0.1, 0.15) is 11.1 Å². The number of rotatable bonds is 4. The number of methoxy groups -OCH3 is 2. The number of nitrogens with one attached hydrogen (secondary N) is 1. The van der Waals surface area contributed by atoms with E-state index in [2.05, 4.69) is 15.9 Å². The summed E-state index contributed by atoms with van der Waals surface area (Å²) < 4.78 is 50.2. The lowest BCUT2D eigenvalue weighted by Gasteiger charge is -2.27. The summed E-state index contributed by atoms with van der Waals surface area (Å²) in [5, 5.41) is 1.64. The number of amides is 4. The number of alkyl halides is 3. The van der Waals surface area contributed by atoms with E-state index in [9.17, 15) is 27.6 Å². The van der Waals surface area contributed by atoms with Crippen molar-refractivity contribution in [2.45, 2.75) is 6.18 Å². The van der Waals surface area contributed by atoms with Crippen molar-refractivity contribution in [3.8, 4) is 11.5 Å². The smallest absolute Gasteiger partial charge is 0.416 e. The highest BCUT2D eigenvalue weighted by Gasteiger charge is 2.39.